The highest BCUT2D eigenvalue weighted by Crippen LogP contribution is 2.27. The van der Waals surface area contributed by atoms with Crippen molar-refractivity contribution in [1.29, 1.82) is 0 Å². The van der Waals surface area contributed by atoms with E-state index in [1.54, 1.807) is 0 Å². The van der Waals surface area contributed by atoms with Crippen LogP contribution in [-0.2, 0) is 0 Å². The van der Waals surface area contributed by atoms with Crippen LogP contribution in [0.15, 0.2) is 133 Å². The smallest absolute Gasteiger partial charge is 0.418 e. The van der Waals surface area contributed by atoms with Gasteiger partial charge in [0.25, 0.3) is 0 Å². The van der Waals surface area contributed by atoms with E-state index < -0.39 is 7.25 Å². The van der Waals surface area contributed by atoms with Gasteiger partial charge in [-0.05, 0) is 34.9 Å². The summed E-state index contributed by atoms with van der Waals surface area (Å²) in [6.45, 7) is 0. The first-order valence-corrected chi connectivity index (χ1v) is 11.8. The molecule has 1 aromatic heterocycles. The first-order valence-electron chi connectivity index (χ1n) is 11.8. The molecule has 6 heteroatoms. The van der Waals surface area contributed by atoms with Crippen LogP contribution in [-0.4, -0.2) is 7.25 Å². The highest BCUT2D eigenvalue weighted by atomic mass is 19.5. The van der Waals surface area contributed by atoms with Gasteiger partial charge in [-0.2, -0.15) is 4.57 Å². The minimum atomic E-state index is -6.00. The lowest BCUT2D eigenvalue weighted by molar-refractivity contribution is -0.585. The molecule has 0 amide bonds. The van der Waals surface area contributed by atoms with Gasteiger partial charge in [-0.3, -0.25) is 0 Å². The van der Waals surface area contributed by atoms with Gasteiger partial charge in [-0.25, -0.2) is 0 Å². The lowest BCUT2D eigenvalue weighted by Gasteiger charge is -2.10. The van der Waals surface area contributed by atoms with Crippen LogP contribution >= 0.6 is 0 Å². The van der Waals surface area contributed by atoms with Gasteiger partial charge in [-0.15, -0.1) is 0 Å². The molecule has 0 saturated heterocycles. The summed E-state index contributed by atoms with van der Waals surface area (Å²) in [6, 6.07) is 46.8. The number of hydrogen-bond acceptors (Lipinski definition) is 0. The van der Waals surface area contributed by atoms with Gasteiger partial charge >= 0.3 is 7.25 Å². The monoisotopic (exact) mass is 497 g/mol. The van der Waals surface area contributed by atoms with Gasteiger partial charge in [0, 0.05) is 35.9 Å². The van der Waals surface area contributed by atoms with E-state index in [9.17, 15) is 17.3 Å². The molecule has 0 N–H and O–H groups in total. The summed E-state index contributed by atoms with van der Waals surface area (Å²) in [4.78, 5) is 0. The van der Waals surface area contributed by atoms with Gasteiger partial charge in [0.05, 0.1) is 0 Å². The van der Waals surface area contributed by atoms with Crippen molar-refractivity contribution < 1.29 is 21.8 Å². The Kier molecular flexibility index (Phi) is 8.31. The molecule has 1 nitrogen and oxygen atoms in total. The first kappa shape index (κ1) is 25.6. The second kappa shape index (κ2) is 12.0. The number of aromatic nitrogens is 1. The van der Waals surface area contributed by atoms with E-state index in [-0.39, 0.29) is 0 Å². The SMILES string of the molecule is C(=C\c1cc(-c2ccccc2)cc(-c2ccccc2)[n+]1-c1ccccc1)/c1ccccc1.F[B-](F)(F)F. The van der Waals surface area contributed by atoms with E-state index in [4.69, 9.17) is 0 Å². The van der Waals surface area contributed by atoms with Crippen LogP contribution < -0.4 is 4.57 Å². The number of rotatable bonds is 5. The van der Waals surface area contributed by atoms with Crippen LogP contribution in [0.4, 0.5) is 17.3 Å². The van der Waals surface area contributed by atoms with Crippen molar-refractivity contribution in [3.8, 4) is 28.1 Å². The van der Waals surface area contributed by atoms with Gasteiger partial charge in [0.1, 0.15) is 0 Å². The van der Waals surface area contributed by atoms with Crippen molar-refractivity contribution in [2.45, 2.75) is 0 Å². The second-order valence-electron chi connectivity index (χ2n) is 8.20. The Morgan fingerprint density at radius 3 is 1.49 bits per heavy atom. The third-order valence-electron chi connectivity index (χ3n) is 5.53. The van der Waals surface area contributed by atoms with E-state index in [1.165, 1.54) is 22.3 Å². The Hall–Kier alpha value is -4.45. The number of nitrogens with zero attached hydrogens (tertiary/aromatic N) is 1. The highest BCUT2D eigenvalue weighted by Gasteiger charge is 2.22. The molecule has 0 fully saturated rings. The van der Waals surface area contributed by atoms with Crippen molar-refractivity contribution in [3.63, 3.8) is 0 Å². The Morgan fingerprint density at radius 2 is 0.946 bits per heavy atom. The number of benzene rings is 4. The summed E-state index contributed by atoms with van der Waals surface area (Å²) in [6.07, 6.45) is 4.39. The quantitative estimate of drug-likeness (QED) is 0.130. The van der Waals surface area contributed by atoms with Crippen LogP contribution in [0, 0.1) is 0 Å². The minimum Gasteiger partial charge on any atom is -0.418 e. The summed E-state index contributed by atoms with van der Waals surface area (Å²) in [5, 5.41) is 0. The van der Waals surface area contributed by atoms with Crippen LogP contribution in [0.3, 0.4) is 0 Å². The third kappa shape index (κ3) is 7.52. The molecule has 0 bridgehead atoms. The van der Waals surface area contributed by atoms with Gasteiger partial charge in [0.15, 0.2) is 0 Å². The third-order valence-corrected chi connectivity index (χ3v) is 5.53. The van der Waals surface area contributed by atoms with Gasteiger partial charge in [0.2, 0.25) is 17.1 Å². The summed E-state index contributed by atoms with van der Waals surface area (Å²) in [5.74, 6) is 0. The number of pyridine rings is 1. The highest BCUT2D eigenvalue weighted by molar-refractivity contribution is 6.50. The Bertz CT molecular complexity index is 1430. The summed E-state index contributed by atoms with van der Waals surface area (Å²) < 4.78 is 41.3. The largest absolute Gasteiger partial charge is 0.673 e. The molecule has 0 saturated carbocycles. The molecular weight excluding hydrogens is 473 g/mol. The topological polar surface area (TPSA) is 3.88 Å². The number of halogens is 4. The van der Waals surface area contributed by atoms with Crippen LogP contribution in [0.2, 0.25) is 0 Å². The van der Waals surface area contributed by atoms with E-state index >= 15 is 0 Å². The fraction of sp³-hybridized carbons (Fsp3) is 0. The average Bonchev–Trinajstić information content (AvgIpc) is 2.92. The zero-order chi connectivity index (χ0) is 26.1. The zero-order valence-corrected chi connectivity index (χ0v) is 19.9. The predicted octanol–water partition coefficient (Wildman–Crippen LogP) is 8.77. The molecule has 1 heterocycles. The molecule has 5 aromatic rings. The first-order chi connectivity index (χ1) is 17.9. The maximum atomic E-state index is 9.75. The molecule has 0 spiro atoms. The van der Waals surface area contributed by atoms with Crippen molar-refractivity contribution in [3.05, 3.63) is 145 Å². The standard InChI is InChI=1S/C31H24N.BF4/c1-5-13-25(14-6-1)21-22-30-23-28(26-15-7-2-8-16-26)24-31(27-17-9-3-10-18-27)32(30)29-19-11-4-12-20-29;2-1(3,4)5/h1-24H;/q+1;-1/b22-21+;. The van der Waals surface area contributed by atoms with Crippen molar-refractivity contribution in [2.24, 2.45) is 0 Å². The second-order valence-corrected chi connectivity index (χ2v) is 8.20. The summed E-state index contributed by atoms with van der Waals surface area (Å²) >= 11 is 0. The lowest BCUT2D eigenvalue weighted by Crippen LogP contribution is -2.37. The molecule has 4 aromatic carbocycles. The zero-order valence-electron chi connectivity index (χ0n) is 19.9. The maximum Gasteiger partial charge on any atom is 0.673 e. The molecule has 0 aliphatic carbocycles. The summed E-state index contributed by atoms with van der Waals surface area (Å²) in [5.41, 5.74) is 8.19. The average molecular weight is 497 g/mol. The fourth-order valence-electron chi connectivity index (χ4n) is 3.97. The molecule has 5 rings (SSSR count). The van der Waals surface area contributed by atoms with Crippen LogP contribution in [0.1, 0.15) is 11.3 Å². The van der Waals surface area contributed by atoms with Gasteiger partial charge in [-0.1, -0.05) is 97.1 Å². The van der Waals surface area contributed by atoms with E-state index in [2.05, 4.69) is 144 Å². The molecule has 184 valence electrons. The lowest BCUT2D eigenvalue weighted by atomic mass is 10.0. The Morgan fingerprint density at radius 1 is 0.486 bits per heavy atom. The number of para-hydroxylation sites is 1. The maximum absolute atomic E-state index is 9.75. The molecule has 0 unspecified atom stereocenters. The van der Waals surface area contributed by atoms with Gasteiger partial charge < -0.3 is 17.3 Å². The molecule has 0 atom stereocenters. The van der Waals surface area contributed by atoms with Crippen LogP contribution in [0.25, 0.3) is 40.2 Å². The van der Waals surface area contributed by atoms with E-state index in [0.29, 0.717) is 0 Å². The van der Waals surface area contributed by atoms with Crippen molar-refractivity contribution in [2.75, 3.05) is 0 Å². The van der Waals surface area contributed by atoms with E-state index in [1.807, 2.05) is 6.07 Å². The Labute approximate surface area is 214 Å². The predicted molar refractivity (Wildman–Crippen MR) is 144 cm³/mol. The van der Waals surface area contributed by atoms with E-state index in [0.717, 1.165) is 17.1 Å². The Balaban J connectivity index is 0.000000586. The van der Waals surface area contributed by atoms with Crippen molar-refractivity contribution >= 4 is 19.4 Å². The van der Waals surface area contributed by atoms with Crippen molar-refractivity contribution in [1.82, 2.24) is 0 Å². The number of hydrogen-bond donors (Lipinski definition) is 0. The van der Waals surface area contributed by atoms with Crippen LogP contribution in [0.5, 0.6) is 0 Å². The molecular formula is C31H24BF4N. The minimum absolute atomic E-state index is 1.13. The summed E-state index contributed by atoms with van der Waals surface area (Å²) in [7, 11) is -6.00. The molecule has 0 radical (unpaired) electrons. The molecule has 0 aliphatic rings. The molecule has 37 heavy (non-hydrogen) atoms. The normalized spacial score (nSPS) is 11.1. The molecule has 0 aliphatic heterocycles. The fourth-order valence-corrected chi connectivity index (χ4v) is 3.97.